The number of carboxylic acids is 1. The molecule has 0 spiro atoms. The normalized spacial score (nSPS) is 17.2. The molecule has 1 aliphatic rings. The van der Waals surface area contributed by atoms with Gasteiger partial charge in [-0.05, 0) is 12.0 Å². The third-order valence-electron chi connectivity index (χ3n) is 3.12. The molecule has 0 atom stereocenters. The van der Waals surface area contributed by atoms with Crippen LogP contribution in [0.15, 0.2) is 12.3 Å². The van der Waals surface area contributed by atoms with Gasteiger partial charge in [0.15, 0.2) is 5.69 Å². The number of aromatic nitrogens is 2. The molecule has 86 valence electrons. The second-order valence-electron chi connectivity index (χ2n) is 4.37. The second kappa shape index (κ2) is 5.05. The maximum Gasteiger partial charge on any atom is 0.354 e. The van der Waals surface area contributed by atoms with Gasteiger partial charge >= 0.3 is 5.97 Å². The molecule has 1 aromatic heterocycles. The summed E-state index contributed by atoms with van der Waals surface area (Å²) in [5, 5.41) is 8.82. The fourth-order valence-corrected chi connectivity index (χ4v) is 2.27. The predicted octanol–water partition coefficient (Wildman–Crippen LogP) is 2.30. The molecule has 1 heterocycles. The molecule has 0 bridgehead atoms. The van der Waals surface area contributed by atoms with Gasteiger partial charge in [0.25, 0.3) is 0 Å². The van der Waals surface area contributed by atoms with E-state index in [4.69, 9.17) is 5.11 Å². The van der Waals surface area contributed by atoms with E-state index < -0.39 is 5.97 Å². The third-order valence-corrected chi connectivity index (χ3v) is 3.12. The fourth-order valence-electron chi connectivity index (χ4n) is 2.27. The minimum absolute atomic E-state index is 0.0980. The lowest BCUT2D eigenvalue weighted by Crippen LogP contribution is -2.13. The van der Waals surface area contributed by atoms with E-state index in [1.807, 2.05) is 0 Å². The van der Waals surface area contributed by atoms with Crippen molar-refractivity contribution in [3.8, 4) is 0 Å². The molecule has 4 heteroatoms. The summed E-state index contributed by atoms with van der Waals surface area (Å²) < 4.78 is 0. The standard InChI is InChI=1S/C12H16N2O2/c15-12(16)10-6-7-13-11(14-10)8-9-4-2-1-3-5-9/h6-7,9H,1-5,8H2,(H,15,16). The lowest BCUT2D eigenvalue weighted by molar-refractivity contribution is 0.0689. The fraction of sp³-hybridized carbons (Fsp3) is 0.583. The maximum absolute atomic E-state index is 10.8. The summed E-state index contributed by atoms with van der Waals surface area (Å²) in [7, 11) is 0. The molecule has 1 saturated carbocycles. The van der Waals surface area contributed by atoms with Crippen molar-refractivity contribution in [1.82, 2.24) is 9.97 Å². The van der Waals surface area contributed by atoms with Crippen molar-refractivity contribution >= 4 is 5.97 Å². The Morgan fingerprint density at radius 2 is 2.12 bits per heavy atom. The van der Waals surface area contributed by atoms with Crippen molar-refractivity contribution in [2.45, 2.75) is 38.5 Å². The van der Waals surface area contributed by atoms with Gasteiger partial charge in [-0.2, -0.15) is 0 Å². The molecular weight excluding hydrogens is 204 g/mol. The van der Waals surface area contributed by atoms with E-state index >= 15 is 0 Å². The van der Waals surface area contributed by atoms with Crippen molar-refractivity contribution in [2.75, 3.05) is 0 Å². The Bertz CT molecular complexity index is 373. The first-order valence-corrected chi connectivity index (χ1v) is 5.81. The number of hydrogen-bond donors (Lipinski definition) is 1. The molecule has 0 aromatic carbocycles. The Morgan fingerprint density at radius 3 is 2.81 bits per heavy atom. The Labute approximate surface area is 94.7 Å². The van der Waals surface area contributed by atoms with Crippen LogP contribution in [0.25, 0.3) is 0 Å². The van der Waals surface area contributed by atoms with E-state index in [1.165, 1.54) is 44.4 Å². The van der Waals surface area contributed by atoms with Gasteiger partial charge in [0, 0.05) is 12.6 Å². The van der Waals surface area contributed by atoms with Crippen LogP contribution in [0.4, 0.5) is 0 Å². The highest BCUT2D eigenvalue weighted by atomic mass is 16.4. The first-order chi connectivity index (χ1) is 7.75. The van der Waals surface area contributed by atoms with Crippen LogP contribution in [-0.4, -0.2) is 21.0 Å². The van der Waals surface area contributed by atoms with Crippen LogP contribution < -0.4 is 0 Å². The Balaban J connectivity index is 2.02. The molecule has 0 saturated heterocycles. The van der Waals surface area contributed by atoms with Gasteiger partial charge in [0.05, 0.1) is 0 Å². The van der Waals surface area contributed by atoms with E-state index in [0.29, 0.717) is 11.7 Å². The Kier molecular flexibility index (Phi) is 3.49. The van der Waals surface area contributed by atoms with Gasteiger partial charge < -0.3 is 5.11 Å². The molecule has 4 nitrogen and oxygen atoms in total. The summed E-state index contributed by atoms with van der Waals surface area (Å²) in [5.74, 6) is 0.330. The lowest BCUT2D eigenvalue weighted by atomic mass is 9.87. The van der Waals surface area contributed by atoms with Gasteiger partial charge in [-0.15, -0.1) is 0 Å². The zero-order valence-corrected chi connectivity index (χ0v) is 9.22. The van der Waals surface area contributed by atoms with Crippen molar-refractivity contribution in [3.05, 3.63) is 23.8 Å². The molecule has 1 aliphatic carbocycles. The highest BCUT2D eigenvalue weighted by Gasteiger charge is 2.16. The predicted molar refractivity (Wildman–Crippen MR) is 59.3 cm³/mol. The molecular formula is C12H16N2O2. The van der Waals surface area contributed by atoms with Crippen LogP contribution in [0.1, 0.15) is 48.4 Å². The van der Waals surface area contributed by atoms with E-state index in [2.05, 4.69) is 9.97 Å². The number of carboxylic acid groups (broad SMARTS) is 1. The van der Waals surface area contributed by atoms with Crippen molar-refractivity contribution in [3.63, 3.8) is 0 Å². The number of hydrogen-bond acceptors (Lipinski definition) is 3. The van der Waals surface area contributed by atoms with E-state index in [9.17, 15) is 4.79 Å². The maximum atomic E-state index is 10.8. The summed E-state index contributed by atoms with van der Waals surface area (Å²) in [6.07, 6.45) is 8.69. The van der Waals surface area contributed by atoms with E-state index in [0.717, 1.165) is 6.42 Å². The molecule has 0 radical (unpaired) electrons. The molecule has 1 fully saturated rings. The zero-order valence-electron chi connectivity index (χ0n) is 9.22. The van der Waals surface area contributed by atoms with Crippen LogP contribution in [-0.2, 0) is 6.42 Å². The van der Waals surface area contributed by atoms with Gasteiger partial charge in [-0.3, -0.25) is 0 Å². The van der Waals surface area contributed by atoms with Gasteiger partial charge in [0.1, 0.15) is 5.82 Å². The Hall–Kier alpha value is -1.45. The summed E-state index contributed by atoms with van der Waals surface area (Å²) in [5.41, 5.74) is 0.0980. The second-order valence-corrected chi connectivity index (χ2v) is 4.37. The topological polar surface area (TPSA) is 63.1 Å². The average molecular weight is 220 g/mol. The first kappa shape index (κ1) is 11.0. The van der Waals surface area contributed by atoms with Crippen LogP contribution in [0.2, 0.25) is 0 Å². The largest absolute Gasteiger partial charge is 0.477 e. The SMILES string of the molecule is O=C(O)c1ccnc(CC2CCCCC2)n1. The van der Waals surface area contributed by atoms with Crippen molar-refractivity contribution in [1.29, 1.82) is 0 Å². The van der Waals surface area contributed by atoms with E-state index in [1.54, 1.807) is 0 Å². The number of aromatic carboxylic acids is 1. The summed E-state index contributed by atoms with van der Waals surface area (Å²) in [6.45, 7) is 0. The zero-order chi connectivity index (χ0) is 11.4. The molecule has 0 aliphatic heterocycles. The van der Waals surface area contributed by atoms with Crippen LogP contribution in [0.3, 0.4) is 0 Å². The summed E-state index contributed by atoms with van der Waals surface area (Å²) in [4.78, 5) is 19.0. The van der Waals surface area contributed by atoms with Crippen molar-refractivity contribution in [2.24, 2.45) is 5.92 Å². The van der Waals surface area contributed by atoms with Gasteiger partial charge in [-0.25, -0.2) is 14.8 Å². The molecule has 1 aromatic rings. The average Bonchev–Trinajstić information content (AvgIpc) is 2.30. The number of nitrogens with zero attached hydrogens (tertiary/aromatic N) is 2. The monoisotopic (exact) mass is 220 g/mol. The lowest BCUT2D eigenvalue weighted by Gasteiger charge is -2.20. The molecule has 0 amide bonds. The first-order valence-electron chi connectivity index (χ1n) is 5.81. The van der Waals surface area contributed by atoms with Crippen LogP contribution >= 0.6 is 0 Å². The highest BCUT2D eigenvalue weighted by Crippen LogP contribution is 2.25. The Morgan fingerprint density at radius 1 is 1.38 bits per heavy atom. The quantitative estimate of drug-likeness (QED) is 0.848. The van der Waals surface area contributed by atoms with Crippen molar-refractivity contribution < 1.29 is 9.90 Å². The highest BCUT2D eigenvalue weighted by molar-refractivity contribution is 5.85. The third kappa shape index (κ3) is 2.78. The summed E-state index contributed by atoms with van der Waals surface area (Å²) in [6, 6.07) is 1.44. The van der Waals surface area contributed by atoms with Crippen LogP contribution in [0.5, 0.6) is 0 Å². The minimum atomic E-state index is -0.979. The molecule has 0 unspecified atom stereocenters. The molecule has 2 rings (SSSR count). The van der Waals surface area contributed by atoms with E-state index in [-0.39, 0.29) is 5.69 Å². The van der Waals surface area contributed by atoms with Crippen LogP contribution in [0, 0.1) is 5.92 Å². The smallest absolute Gasteiger partial charge is 0.354 e. The van der Waals surface area contributed by atoms with Gasteiger partial charge in [0.2, 0.25) is 0 Å². The van der Waals surface area contributed by atoms with Gasteiger partial charge in [-0.1, -0.05) is 32.1 Å². The summed E-state index contributed by atoms with van der Waals surface area (Å²) >= 11 is 0. The molecule has 16 heavy (non-hydrogen) atoms. The number of carbonyl (C=O) groups is 1. The minimum Gasteiger partial charge on any atom is -0.477 e. The number of rotatable bonds is 3. The molecule has 1 N–H and O–H groups in total.